The van der Waals surface area contributed by atoms with E-state index in [4.69, 9.17) is 34.4 Å². The Labute approximate surface area is 482 Å². The molecule has 21 N–H and O–H groups in total. The number of aromatic nitrogens is 3. The largest absolute Gasteiger partial charge is 0.370 e. The Balaban J connectivity index is 1.23. The first-order valence-electron chi connectivity index (χ1n) is 28.6. The van der Waals surface area contributed by atoms with Crippen molar-refractivity contribution in [2.24, 2.45) is 44.4 Å². The number of guanidine groups is 2. The zero-order valence-corrected chi connectivity index (χ0v) is 47.3. The number of aromatic amines is 3. The Morgan fingerprint density at radius 2 is 0.855 bits per heavy atom. The molecule has 6 atom stereocenters. The number of carbonyl (C=O) groups excluding carboxylic acids is 7. The average molecular weight is 1140 g/mol. The number of fused-ring (bicyclic) bond motifs is 3. The van der Waals surface area contributed by atoms with Gasteiger partial charge in [0.15, 0.2) is 11.9 Å². The maximum atomic E-state index is 15.0. The summed E-state index contributed by atoms with van der Waals surface area (Å²) in [7, 11) is 0. The van der Waals surface area contributed by atoms with Gasteiger partial charge in [-0.15, -0.1) is 0 Å². The lowest BCUT2D eigenvalue weighted by atomic mass is 10.0. The SMILES string of the molecule is CCCCCCCC(=O)NCCCC[C@H](NC(=O)[C@@H](Cc1c[nH]c2ccccc12)NC(=O)[C@H](CCCN=C(N)N)NC(=O)[C@@H](Cc1c[nH]c2ccccc12)NC(=O)[C@H](CCCN=C(N)N)NC(=O)[C@@H](N)Cc1c[nH]c2ccccc12)C(N)=O. The summed E-state index contributed by atoms with van der Waals surface area (Å²) in [6, 6.07) is 14.9. The van der Waals surface area contributed by atoms with Crippen LogP contribution in [0.2, 0.25) is 0 Å². The van der Waals surface area contributed by atoms with Crippen molar-refractivity contribution < 1.29 is 33.6 Å². The van der Waals surface area contributed by atoms with Crippen molar-refractivity contribution in [2.45, 2.75) is 146 Å². The number of para-hydroxylation sites is 3. The summed E-state index contributed by atoms with van der Waals surface area (Å²) < 4.78 is 0. The minimum Gasteiger partial charge on any atom is -0.370 e. The number of amides is 7. The summed E-state index contributed by atoms with van der Waals surface area (Å²) >= 11 is 0. The second-order valence-electron chi connectivity index (χ2n) is 20.9. The molecular formula is C59H83N17O7. The number of nitrogens with two attached hydrogens (primary N) is 6. The molecule has 0 bridgehead atoms. The second-order valence-corrected chi connectivity index (χ2v) is 20.9. The zero-order valence-electron chi connectivity index (χ0n) is 47.3. The molecule has 83 heavy (non-hydrogen) atoms. The van der Waals surface area contributed by atoms with Gasteiger partial charge in [0.25, 0.3) is 0 Å². The number of rotatable bonds is 36. The molecule has 0 spiro atoms. The lowest BCUT2D eigenvalue weighted by molar-refractivity contribution is -0.135. The number of H-pyrrole nitrogens is 3. The molecule has 0 aliphatic rings. The van der Waals surface area contributed by atoms with Crippen LogP contribution in [-0.4, -0.2) is 124 Å². The highest BCUT2D eigenvalue weighted by Gasteiger charge is 2.34. The molecule has 0 unspecified atom stereocenters. The number of hydrogen-bond acceptors (Lipinski definition) is 10. The van der Waals surface area contributed by atoms with Crippen molar-refractivity contribution in [2.75, 3.05) is 19.6 Å². The van der Waals surface area contributed by atoms with Crippen molar-refractivity contribution >= 4 is 86.0 Å². The van der Waals surface area contributed by atoms with Gasteiger partial charge in [0.1, 0.15) is 30.2 Å². The molecule has 6 rings (SSSR count). The molecule has 24 heteroatoms. The van der Waals surface area contributed by atoms with Gasteiger partial charge in [0.2, 0.25) is 41.4 Å². The number of primary amides is 1. The Morgan fingerprint density at radius 1 is 0.458 bits per heavy atom. The molecule has 3 aromatic heterocycles. The predicted molar refractivity (Wildman–Crippen MR) is 323 cm³/mol. The van der Waals surface area contributed by atoms with Crippen molar-refractivity contribution in [3.05, 3.63) is 108 Å². The van der Waals surface area contributed by atoms with E-state index in [9.17, 15) is 33.6 Å². The first-order valence-corrected chi connectivity index (χ1v) is 28.6. The van der Waals surface area contributed by atoms with Crippen LogP contribution in [0.4, 0.5) is 0 Å². The highest BCUT2D eigenvalue weighted by molar-refractivity contribution is 5.98. The van der Waals surface area contributed by atoms with E-state index in [0.717, 1.165) is 70.4 Å². The highest BCUT2D eigenvalue weighted by atomic mass is 16.2. The standard InChI is InChI=1S/C59H83N17O7/c1-2-3-4-5-6-26-51(77)66-27-14-13-23-46(52(61)78)72-56(82)49(31-37-34-70-44-21-11-8-18-40(37)44)75-55(81)48(25-16-29-68-59(64)65)74-57(83)50(32-38-35-71-45-22-12-9-19-41(38)45)76-54(80)47(24-15-28-67-58(62)63)73-53(79)42(60)30-36-33-69-43-20-10-7-17-39(36)43/h7-12,17-22,33-35,42,46-50,69-71H,2-6,13-16,23-32,60H2,1H3,(H2,61,78)(H,66,77)(H,72,82)(H,73,79)(H,74,83)(H,75,81)(H,76,80)(H4,62,63,67)(H4,64,65,68)/t42-,46-,47-,48-,49+,50+/m0/s1. The van der Waals surface area contributed by atoms with E-state index in [1.807, 2.05) is 72.8 Å². The molecule has 0 aliphatic carbocycles. The van der Waals surface area contributed by atoms with E-state index in [2.05, 4.69) is 63.8 Å². The molecule has 0 saturated heterocycles. The van der Waals surface area contributed by atoms with Crippen LogP contribution >= 0.6 is 0 Å². The summed E-state index contributed by atoms with van der Waals surface area (Å²) in [6.45, 7) is 2.72. The van der Waals surface area contributed by atoms with Crippen LogP contribution in [0.3, 0.4) is 0 Å². The molecule has 0 radical (unpaired) electrons. The van der Waals surface area contributed by atoms with Crippen LogP contribution in [0.1, 0.15) is 107 Å². The summed E-state index contributed by atoms with van der Waals surface area (Å²) in [5, 5.41) is 19.5. The molecule has 0 saturated carbocycles. The molecule has 6 aromatic rings. The Hall–Kier alpha value is -8.93. The van der Waals surface area contributed by atoms with Gasteiger partial charge in [-0.05, 0) is 92.7 Å². The molecule has 446 valence electrons. The Morgan fingerprint density at radius 3 is 1.31 bits per heavy atom. The van der Waals surface area contributed by atoms with Gasteiger partial charge in [-0.1, -0.05) is 87.2 Å². The lowest BCUT2D eigenvalue weighted by Crippen LogP contribution is -2.60. The first kappa shape index (κ1) is 63.3. The minimum atomic E-state index is -1.36. The minimum absolute atomic E-state index is 0.0410. The molecule has 3 heterocycles. The number of nitrogens with zero attached hydrogens (tertiary/aromatic N) is 2. The number of hydrogen-bond donors (Lipinski definition) is 15. The fraction of sp³-hybridized carbons (Fsp3) is 0.441. The van der Waals surface area contributed by atoms with Crippen molar-refractivity contribution in [3.63, 3.8) is 0 Å². The van der Waals surface area contributed by atoms with Gasteiger partial charge in [-0.2, -0.15) is 0 Å². The van der Waals surface area contributed by atoms with Crippen molar-refractivity contribution in [3.8, 4) is 0 Å². The number of aliphatic imine (C=N–C) groups is 2. The molecule has 7 amide bonds. The fourth-order valence-electron chi connectivity index (χ4n) is 9.97. The van der Waals surface area contributed by atoms with E-state index in [1.165, 1.54) is 0 Å². The summed E-state index contributed by atoms with van der Waals surface area (Å²) in [5.41, 5.74) is 39.4. The fourth-order valence-corrected chi connectivity index (χ4v) is 9.97. The van der Waals surface area contributed by atoms with Crippen molar-refractivity contribution in [1.29, 1.82) is 0 Å². The van der Waals surface area contributed by atoms with E-state index >= 15 is 0 Å². The van der Waals surface area contributed by atoms with Gasteiger partial charge in [-0.3, -0.25) is 43.5 Å². The number of nitrogens with one attached hydrogen (secondary N) is 9. The number of benzene rings is 3. The normalized spacial score (nSPS) is 13.4. The highest BCUT2D eigenvalue weighted by Crippen LogP contribution is 2.23. The number of unbranched alkanes of at least 4 members (excludes halogenated alkanes) is 5. The molecule has 24 nitrogen and oxygen atoms in total. The molecular weight excluding hydrogens is 1060 g/mol. The topological polar surface area (TPSA) is 420 Å². The Bertz CT molecular complexity index is 3170. The van der Waals surface area contributed by atoms with Crippen LogP contribution in [0.15, 0.2) is 101 Å². The zero-order chi connectivity index (χ0) is 59.7. The van der Waals surface area contributed by atoms with Gasteiger partial charge < -0.3 is 81.3 Å². The third kappa shape index (κ3) is 19.9. The van der Waals surface area contributed by atoms with Gasteiger partial charge >= 0.3 is 0 Å². The smallest absolute Gasteiger partial charge is 0.243 e. The second kappa shape index (κ2) is 32.5. The first-order chi connectivity index (χ1) is 40.0. The number of carbonyl (C=O) groups is 7. The van der Waals surface area contributed by atoms with Crippen LogP contribution in [0, 0.1) is 0 Å². The van der Waals surface area contributed by atoms with E-state index in [-0.39, 0.29) is 82.3 Å². The Kier molecular flexibility index (Phi) is 24.8. The van der Waals surface area contributed by atoms with Crippen LogP contribution in [-0.2, 0) is 52.8 Å². The summed E-state index contributed by atoms with van der Waals surface area (Å²) in [4.78, 5) is 116. The monoisotopic (exact) mass is 1140 g/mol. The molecule has 0 aliphatic heterocycles. The quantitative estimate of drug-likeness (QED) is 0.0153. The third-order valence-corrected chi connectivity index (χ3v) is 14.5. The van der Waals surface area contributed by atoms with E-state index < -0.39 is 71.7 Å². The van der Waals surface area contributed by atoms with E-state index in [0.29, 0.717) is 36.9 Å². The van der Waals surface area contributed by atoms with Gasteiger partial charge in [0.05, 0.1) is 6.04 Å². The summed E-state index contributed by atoms with van der Waals surface area (Å²) in [6.07, 6.45) is 12.4. The maximum absolute atomic E-state index is 15.0. The van der Waals surface area contributed by atoms with Crippen LogP contribution in [0.5, 0.6) is 0 Å². The van der Waals surface area contributed by atoms with Crippen molar-refractivity contribution in [1.82, 2.24) is 46.9 Å². The third-order valence-electron chi connectivity index (χ3n) is 14.5. The molecule has 0 fully saturated rings. The van der Waals surface area contributed by atoms with Gasteiger partial charge in [-0.25, -0.2) is 0 Å². The summed E-state index contributed by atoms with van der Waals surface area (Å²) in [5.74, 6) is -4.79. The molecule has 3 aromatic carbocycles. The maximum Gasteiger partial charge on any atom is 0.243 e. The average Bonchev–Trinajstić information content (AvgIpc) is 4.39. The van der Waals surface area contributed by atoms with Crippen LogP contribution < -0.4 is 66.3 Å². The van der Waals surface area contributed by atoms with Gasteiger partial charge in [0, 0.05) is 90.2 Å². The lowest BCUT2D eigenvalue weighted by Gasteiger charge is -2.27. The predicted octanol–water partition coefficient (Wildman–Crippen LogP) is 2.15. The van der Waals surface area contributed by atoms with Crippen LogP contribution in [0.25, 0.3) is 32.7 Å². The van der Waals surface area contributed by atoms with E-state index in [1.54, 1.807) is 18.6 Å².